The Morgan fingerprint density at radius 1 is 1.42 bits per heavy atom. The third kappa shape index (κ3) is 2.28. The number of hydrogen-bond donors (Lipinski definition) is 2. The van der Waals surface area contributed by atoms with Gasteiger partial charge in [0.2, 0.25) is 0 Å². The maximum absolute atomic E-state index is 10.7. The summed E-state index contributed by atoms with van der Waals surface area (Å²) in [4.78, 5) is 9.10. The van der Waals surface area contributed by atoms with Crippen molar-refractivity contribution in [1.82, 2.24) is 14.5 Å². The molecule has 3 aromatic rings. The highest BCUT2D eigenvalue weighted by atomic mass is 16.5. The third-order valence-electron chi connectivity index (χ3n) is 4.24. The van der Waals surface area contributed by atoms with Gasteiger partial charge in [-0.15, -0.1) is 0 Å². The van der Waals surface area contributed by atoms with E-state index in [2.05, 4.69) is 9.97 Å². The number of nitrogens with zero attached hydrogens (tertiary/aromatic N) is 3. The summed E-state index contributed by atoms with van der Waals surface area (Å²) in [6, 6.07) is 5.64. The van der Waals surface area contributed by atoms with Gasteiger partial charge in [0.15, 0.2) is 5.82 Å². The van der Waals surface area contributed by atoms with Gasteiger partial charge >= 0.3 is 0 Å². The molecule has 126 valence electrons. The van der Waals surface area contributed by atoms with Crippen molar-refractivity contribution in [2.75, 3.05) is 18.9 Å². The first-order valence-corrected chi connectivity index (χ1v) is 8.00. The van der Waals surface area contributed by atoms with E-state index in [9.17, 15) is 5.11 Å². The van der Waals surface area contributed by atoms with Crippen LogP contribution in [0.5, 0.6) is 5.75 Å². The number of nitrogens with two attached hydrogens (primary N) is 1. The lowest BCUT2D eigenvalue weighted by Crippen LogP contribution is -2.38. The van der Waals surface area contributed by atoms with E-state index in [-0.39, 0.29) is 6.61 Å². The van der Waals surface area contributed by atoms with Crippen LogP contribution >= 0.6 is 0 Å². The van der Waals surface area contributed by atoms with Gasteiger partial charge in [0, 0.05) is 6.61 Å². The molecule has 0 radical (unpaired) electrons. The Bertz CT molecular complexity index is 933. The number of rotatable bonds is 3. The fourth-order valence-electron chi connectivity index (χ4n) is 3.18. The zero-order valence-corrected chi connectivity index (χ0v) is 13.7. The molecule has 1 aromatic carbocycles. The minimum Gasteiger partial charge on any atom is -0.490 e. The van der Waals surface area contributed by atoms with Gasteiger partial charge in [-0.05, 0) is 26.0 Å². The van der Waals surface area contributed by atoms with E-state index in [1.54, 1.807) is 6.92 Å². The number of aliphatic hydroxyl groups is 1. The van der Waals surface area contributed by atoms with Gasteiger partial charge in [-0.25, -0.2) is 9.97 Å². The number of imidazole rings is 1. The first-order chi connectivity index (χ1) is 11.5. The number of hydrogen-bond acceptors (Lipinski definition) is 6. The maximum Gasteiger partial charge on any atom is 0.152 e. The predicted octanol–water partition coefficient (Wildman–Crippen LogP) is 1.85. The Labute approximate surface area is 139 Å². The summed E-state index contributed by atoms with van der Waals surface area (Å²) >= 11 is 0. The van der Waals surface area contributed by atoms with Crippen molar-refractivity contribution < 1.29 is 14.6 Å². The number of nitrogen functional groups attached to an aromatic ring is 1. The van der Waals surface area contributed by atoms with Crippen LogP contribution in [0.25, 0.3) is 21.9 Å². The molecule has 2 aromatic heterocycles. The normalized spacial score (nSPS) is 20.3. The summed E-state index contributed by atoms with van der Waals surface area (Å²) < 4.78 is 13.4. The second-order valence-electron chi connectivity index (χ2n) is 6.38. The van der Waals surface area contributed by atoms with Crippen molar-refractivity contribution in [3.63, 3.8) is 0 Å². The van der Waals surface area contributed by atoms with E-state index in [4.69, 9.17) is 15.2 Å². The van der Waals surface area contributed by atoms with Crippen LogP contribution in [0.4, 0.5) is 5.82 Å². The van der Waals surface area contributed by atoms with Crippen LogP contribution < -0.4 is 10.5 Å². The number of anilines is 1. The lowest BCUT2D eigenvalue weighted by molar-refractivity contribution is -0.00425. The molecule has 7 nitrogen and oxygen atoms in total. The summed E-state index contributed by atoms with van der Waals surface area (Å²) in [6.45, 7) is 5.15. The molecule has 0 aliphatic carbocycles. The minimum atomic E-state index is -1.04. The molecule has 0 saturated heterocycles. The standard InChI is InChI=1S/C17H20N4O3/c1-3-23-7-12-20-14-15-13-10(19-16(14)18)5-4-6-11(13)24-9-17(2,22)8-21(12)15/h4-6,22H,3,7-9H2,1-2H3,(H2,18,19)/t17-/m1/s1. The molecule has 0 spiro atoms. The first-order valence-electron chi connectivity index (χ1n) is 8.00. The summed E-state index contributed by atoms with van der Waals surface area (Å²) in [6.07, 6.45) is 0. The van der Waals surface area contributed by atoms with Crippen molar-refractivity contribution in [2.24, 2.45) is 0 Å². The number of ether oxygens (including phenoxy) is 2. The van der Waals surface area contributed by atoms with E-state index in [1.807, 2.05) is 29.7 Å². The summed E-state index contributed by atoms with van der Waals surface area (Å²) in [5.74, 6) is 1.77. The van der Waals surface area contributed by atoms with Crippen LogP contribution in [0, 0.1) is 0 Å². The lowest BCUT2D eigenvalue weighted by atomic mass is 10.1. The molecule has 1 aliphatic rings. The average Bonchev–Trinajstić information content (AvgIpc) is 2.88. The maximum atomic E-state index is 10.7. The van der Waals surface area contributed by atoms with Gasteiger partial charge in [0.25, 0.3) is 0 Å². The van der Waals surface area contributed by atoms with Crippen LogP contribution in [-0.4, -0.2) is 38.5 Å². The molecule has 24 heavy (non-hydrogen) atoms. The van der Waals surface area contributed by atoms with Crippen molar-refractivity contribution in [3.8, 4) is 5.75 Å². The highest BCUT2D eigenvalue weighted by molar-refractivity contribution is 6.09. The number of benzene rings is 1. The molecule has 1 aliphatic heterocycles. The molecule has 0 amide bonds. The van der Waals surface area contributed by atoms with E-state index in [0.29, 0.717) is 36.8 Å². The van der Waals surface area contributed by atoms with Crippen molar-refractivity contribution in [2.45, 2.75) is 32.6 Å². The predicted molar refractivity (Wildman–Crippen MR) is 90.9 cm³/mol. The molecule has 3 heterocycles. The minimum absolute atomic E-state index is 0.184. The topological polar surface area (TPSA) is 95.4 Å². The van der Waals surface area contributed by atoms with Gasteiger partial charge in [0.1, 0.15) is 35.9 Å². The molecule has 7 heteroatoms. The van der Waals surface area contributed by atoms with E-state index in [0.717, 1.165) is 22.2 Å². The molecule has 0 saturated carbocycles. The summed E-state index contributed by atoms with van der Waals surface area (Å²) in [5, 5.41) is 11.6. The lowest BCUT2D eigenvalue weighted by Gasteiger charge is -2.28. The number of aromatic nitrogens is 3. The van der Waals surface area contributed by atoms with Crippen molar-refractivity contribution in [3.05, 3.63) is 24.0 Å². The monoisotopic (exact) mass is 328 g/mol. The van der Waals surface area contributed by atoms with Crippen LogP contribution in [0.15, 0.2) is 18.2 Å². The fourth-order valence-corrected chi connectivity index (χ4v) is 3.18. The molecule has 0 unspecified atom stereocenters. The Balaban J connectivity index is 2.11. The molecule has 0 bridgehead atoms. The van der Waals surface area contributed by atoms with Crippen molar-refractivity contribution in [1.29, 1.82) is 0 Å². The molecule has 4 rings (SSSR count). The van der Waals surface area contributed by atoms with Crippen molar-refractivity contribution >= 4 is 27.8 Å². The molecule has 1 atom stereocenters. The molecule has 0 fully saturated rings. The van der Waals surface area contributed by atoms with E-state index >= 15 is 0 Å². The smallest absolute Gasteiger partial charge is 0.152 e. The van der Waals surface area contributed by atoms with Crippen LogP contribution in [0.3, 0.4) is 0 Å². The highest BCUT2D eigenvalue weighted by Crippen LogP contribution is 2.37. The quantitative estimate of drug-likeness (QED) is 0.762. The third-order valence-corrected chi connectivity index (χ3v) is 4.24. The van der Waals surface area contributed by atoms with Crippen LogP contribution in [0.2, 0.25) is 0 Å². The Kier molecular flexibility index (Phi) is 3.36. The average molecular weight is 328 g/mol. The zero-order valence-electron chi connectivity index (χ0n) is 13.7. The van der Waals surface area contributed by atoms with Gasteiger partial charge in [-0.3, -0.25) is 0 Å². The van der Waals surface area contributed by atoms with E-state index in [1.165, 1.54) is 0 Å². The van der Waals surface area contributed by atoms with Gasteiger partial charge in [-0.1, -0.05) is 6.07 Å². The second-order valence-corrected chi connectivity index (χ2v) is 6.38. The molecule has 3 N–H and O–H groups in total. The Morgan fingerprint density at radius 2 is 2.25 bits per heavy atom. The fraction of sp³-hybridized carbons (Fsp3) is 0.412. The zero-order chi connectivity index (χ0) is 16.9. The summed E-state index contributed by atoms with van der Waals surface area (Å²) in [5.41, 5.74) is 7.30. The van der Waals surface area contributed by atoms with Gasteiger partial charge in [-0.2, -0.15) is 0 Å². The molecular formula is C17H20N4O3. The molecular weight excluding hydrogens is 308 g/mol. The first kappa shape index (κ1) is 15.2. The highest BCUT2D eigenvalue weighted by Gasteiger charge is 2.30. The second kappa shape index (κ2) is 5.32. The Morgan fingerprint density at radius 3 is 3.04 bits per heavy atom. The number of pyridine rings is 1. The SMILES string of the molecule is CCOCc1nc2c(N)nc3cccc4c3c2n1C[C@@](C)(O)CO4. The Hall–Kier alpha value is -2.38. The van der Waals surface area contributed by atoms with Crippen LogP contribution in [-0.2, 0) is 17.9 Å². The van der Waals surface area contributed by atoms with Crippen LogP contribution in [0.1, 0.15) is 19.7 Å². The largest absolute Gasteiger partial charge is 0.490 e. The van der Waals surface area contributed by atoms with Gasteiger partial charge < -0.3 is 24.9 Å². The van der Waals surface area contributed by atoms with Gasteiger partial charge in [0.05, 0.1) is 23.0 Å². The summed E-state index contributed by atoms with van der Waals surface area (Å²) in [7, 11) is 0. The van der Waals surface area contributed by atoms with E-state index < -0.39 is 5.60 Å².